The molecule has 0 aromatic heterocycles. The third-order valence-electron chi connectivity index (χ3n) is 5.14. The van der Waals surface area contributed by atoms with Gasteiger partial charge in [0.15, 0.2) is 5.96 Å². The Morgan fingerprint density at radius 1 is 1.26 bits per heavy atom. The van der Waals surface area contributed by atoms with Gasteiger partial charge >= 0.3 is 0 Å². The number of nitrogens with zero attached hydrogens (tertiary/aromatic N) is 2. The van der Waals surface area contributed by atoms with Gasteiger partial charge in [-0.15, -0.1) is 24.0 Å². The highest BCUT2D eigenvalue weighted by molar-refractivity contribution is 14.0. The van der Waals surface area contributed by atoms with Crippen LogP contribution >= 0.6 is 35.6 Å². The number of hydrogen-bond donors (Lipinski definition) is 3. The van der Waals surface area contributed by atoms with E-state index in [4.69, 9.17) is 16.3 Å². The number of carbonyl (C=O) groups excluding carboxylic acids is 1. The topological polar surface area (TPSA) is 78.0 Å². The van der Waals surface area contributed by atoms with Crippen LogP contribution in [0.1, 0.15) is 22.3 Å². The molecule has 1 aliphatic heterocycles. The van der Waals surface area contributed by atoms with E-state index in [-0.39, 0.29) is 35.9 Å². The van der Waals surface area contributed by atoms with E-state index in [1.54, 1.807) is 21.2 Å². The van der Waals surface area contributed by atoms with E-state index in [2.05, 4.69) is 25.8 Å². The molecule has 3 N–H and O–H groups in total. The van der Waals surface area contributed by atoms with Crippen molar-refractivity contribution in [3.63, 3.8) is 0 Å². The predicted octanol–water partition coefficient (Wildman–Crippen LogP) is 3.27. The number of ether oxygens (including phenoxy) is 1. The van der Waals surface area contributed by atoms with Gasteiger partial charge in [0.1, 0.15) is 5.75 Å². The Kier molecular flexibility index (Phi) is 9.70. The molecular formula is C22H29ClIN5O2. The zero-order chi connectivity index (χ0) is 21.5. The summed E-state index contributed by atoms with van der Waals surface area (Å²) >= 11 is 6.18. The SMILES string of the molecule is CN=C(NCc1ccc(C(=O)NC)cc1)NC1CCN(c2cc(Cl)ccc2OC)C1.I. The molecule has 168 valence electrons. The monoisotopic (exact) mass is 557 g/mol. The van der Waals surface area contributed by atoms with Gasteiger partial charge in [-0.2, -0.15) is 0 Å². The summed E-state index contributed by atoms with van der Waals surface area (Å²) in [6.45, 7) is 2.36. The van der Waals surface area contributed by atoms with Gasteiger partial charge in [-0.25, -0.2) is 0 Å². The summed E-state index contributed by atoms with van der Waals surface area (Å²) in [7, 11) is 5.06. The van der Waals surface area contributed by atoms with Crippen molar-refractivity contribution in [1.29, 1.82) is 0 Å². The van der Waals surface area contributed by atoms with Crippen LogP contribution < -0.4 is 25.6 Å². The van der Waals surface area contributed by atoms with E-state index in [0.29, 0.717) is 17.1 Å². The van der Waals surface area contributed by atoms with Gasteiger partial charge in [-0.3, -0.25) is 9.79 Å². The van der Waals surface area contributed by atoms with Crippen LogP contribution in [-0.2, 0) is 6.54 Å². The molecule has 1 fully saturated rings. The summed E-state index contributed by atoms with van der Waals surface area (Å²) in [5.41, 5.74) is 2.72. The van der Waals surface area contributed by atoms with Crippen molar-refractivity contribution in [2.24, 2.45) is 4.99 Å². The molecule has 1 amide bonds. The average molecular weight is 558 g/mol. The van der Waals surface area contributed by atoms with Crippen LogP contribution in [0.5, 0.6) is 5.75 Å². The van der Waals surface area contributed by atoms with Crippen LogP contribution in [-0.4, -0.2) is 52.2 Å². The van der Waals surface area contributed by atoms with Crippen LogP contribution in [0.4, 0.5) is 5.69 Å². The largest absolute Gasteiger partial charge is 0.495 e. The fourth-order valence-electron chi connectivity index (χ4n) is 3.50. The summed E-state index contributed by atoms with van der Waals surface area (Å²) in [4.78, 5) is 18.3. The number of methoxy groups -OCH3 is 1. The Labute approximate surface area is 205 Å². The predicted molar refractivity (Wildman–Crippen MR) is 137 cm³/mol. The molecule has 9 heteroatoms. The highest BCUT2D eigenvalue weighted by Crippen LogP contribution is 2.33. The number of hydrogen-bond acceptors (Lipinski definition) is 4. The zero-order valence-electron chi connectivity index (χ0n) is 17.9. The quantitative estimate of drug-likeness (QED) is 0.289. The van der Waals surface area contributed by atoms with Gasteiger partial charge in [-0.05, 0) is 42.3 Å². The third kappa shape index (κ3) is 6.64. The molecule has 1 atom stereocenters. The van der Waals surface area contributed by atoms with Crippen molar-refractivity contribution in [2.75, 3.05) is 39.2 Å². The maximum Gasteiger partial charge on any atom is 0.251 e. The number of anilines is 1. The Morgan fingerprint density at radius 2 is 2.00 bits per heavy atom. The molecule has 0 radical (unpaired) electrons. The normalized spacial score (nSPS) is 15.8. The second kappa shape index (κ2) is 12.0. The first-order valence-electron chi connectivity index (χ1n) is 9.90. The molecule has 7 nitrogen and oxygen atoms in total. The Bertz CT molecular complexity index is 907. The number of rotatable bonds is 6. The molecule has 0 saturated carbocycles. The number of halogens is 2. The number of guanidine groups is 1. The molecule has 1 unspecified atom stereocenters. The minimum atomic E-state index is -0.0888. The fraction of sp³-hybridized carbons (Fsp3) is 0.364. The van der Waals surface area contributed by atoms with Crippen molar-refractivity contribution >= 4 is 53.1 Å². The molecule has 31 heavy (non-hydrogen) atoms. The maximum atomic E-state index is 11.6. The summed E-state index contributed by atoms with van der Waals surface area (Å²) in [5.74, 6) is 1.48. The lowest BCUT2D eigenvalue weighted by atomic mass is 10.1. The van der Waals surface area contributed by atoms with E-state index in [9.17, 15) is 4.79 Å². The molecule has 2 aromatic carbocycles. The summed E-state index contributed by atoms with van der Waals surface area (Å²) < 4.78 is 5.49. The second-order valence-corrected chi connectivity index (χ2v) is 7.53. The minimum Gasteiger partial charge on any atom is -0.495 e. The summed E-state index contributed by atoms with van der Waals surface area (Å²) in [5, 5.41) is 10.1. The fourth-order valence-corrected chi connectivity index (χ4v) is 3.67. The average Bonchev–Trinajstić information content (AvgIpc) is 3.24. The van der Waals surface area contributed by atoms with Crippen molar-refractivity contribution in [2.45, 2.75) is 19.0 Å². The summed E-state index contributed by atoms with van der Waals surface area (Å²) in [6, 6.07) is 13.4. The Morgan fingerprint density at radius 3 is 2.65 bits per heavy atom. The van der Waals surface area contributed by atoms with Crippen molar-refractivity contribution in [1.82, 2.24) is 16.0 Å². The van der Waals surface area contributed by atoms with Crippen molar-refractivity contribution < 1.29 is 9.53 Å². The summed E-state index contributed by atoms with van der Waals surface area (Å²) in [6.07, 6.45) is 0.983. The van der Waals surface area contributed by atoms with Crippen LogP contribution in [0.2, 0.25) is 5.02 Å². The van der Waals surface area contributed by atoms with Gasteiger partial charge in [0, 0.05) is 50.4 Å². The van der Waals surface area contributed by atoms with E-state index >= 15 is 0 Å². The van der Waals surface area contributed by atoms with E-state index < -0.39 is 0 Å². The van der Waals surface area contributed by atoms with Crippen LogP contribution in [0, 0.1) is 0 Å². The number of aliphatic imine (C=N–C) groups is 1. The number of benzene rings is 2. The molecule has 1 heterocycles. The standard InChI is InChI=1S/C22H28ClN5O2.HI/c1-24-21(29)16-6-4-15(5-7-16)13-26-22(25-2)27-18-10-11-28(14-18)19-12-17(23)8-9-20(19)30-3;/h4-9,12,18H,10-11,13-14H2,1-3H3,(H,24,29)(H2,25,26,27);1H. The van der Waals surface area contributed by atoms with Gasteiger partial charge in [-0.1, -0.05) is 23.7 Å². The molecule has 1 aliphatic rings. The number of carbonyl (C=O) groups is 1. The Hall–Kier alpha value is -2.20. The van der Waals surface area contributed by atoms with Gasteiger partial charge in [0.25, 0.3) is 5.91 Å². The highest BCUT2D eigenvalue weighted by Gasteiger charge is 2.25. The van der Waals surface area contributed by atoms with Gasteiger partial charge < -0.3 is 25.6 Å². The second-order valence-electron chi connectivity index (χ2n) is 7.09. The maximum absolute atomic E-state index is 11.6. The Balaban J connectivity index is 0.00000341. The van der Waals surface area contributed by atoms with E-state index in [1.807, 2.05) is 42.5 Å². The first-order valence-corrected chi connectivity index (χ1v) is 10.3. The molecule has 0 bridgehead atoms. The third-order valence-corrected chi connectivity index (χ3v) is 5.37. The lowest BCUT2D eigenvalue weighted by Gasteiger charge is -2.22. The highest BCUT2D eigenvalue weighted by atomic mass is 127. The van der Waals surface area contributed by atoms with Crippen LogP contribution in [0.3, 0.4) is 0 Å². The van der Waals surface area contributed by atoms with Crippen LogP contribution in [0.15, 0.2) is 47.5 Å². The number of nitrogens with one attached hydrogen (secondary N) is 3. The van der Waals surface area contributed by atoms with E-state index in [0.717, 1.165) is 42.5 Å². The van der Waals surface area contributed by atoms with Gasteiger partial charge in [0.05, 0.1) is 12.8 Å². The molecular weight excluding hydrogens is 529 g/mol. The first-order chi connectivity index (χ1) is 14.5. The van der Waals surface area contributed by atoms with Crippen LogP contribution in [0.25, 0.3) is 0 Å². The van der Waals surface area contributed by atoms with E-state index in [1.165, 1.54) is 0 Å². The zero-order valence-corrected chi connectivity index (χ0v) is 21.0. The molecule has 2 aromatic rings. The number of amides is 1. The molecule has 1 saturated heterocycles. The van der Waals surface area contributed by atoms with Gasteiger partial charge in [0.2, 0.25) is 0 Å². The van der Waals surface area contributed by atoms with Crippen molar-refractivity contribution in [3.05, 3.63) is 58.6 Å². The first kappa shape index (κ1) is 25.1. The van der Waals surface area contributed by atoms with Crippen molar-refractivity contribution in [3.8, 4) is 5.75 Å². The lowest BCUT2D eigenvalue weighted by molar-refractivity contribution is 0.0963. The molecule has 3 rings (SSSR count). The molecule has 0 spiro atoms. The smallest absolute Gasteiger partial charge is 0.251 e. The molecule has 0 aliphatic carbocycles. The minimum absolute atomic E-state index is 0. The lowest BCUT2D eigenvalue weighted by Crippen LogP contribution is -2.44.